The van der Waals surface area contributed by atoms with Crippen molar-refractivity contribution in [3.05, 3.63) is 47.5 Å². The summed E-state index contributed by atoms with van der Waals surface area (Å²) < 4.78 is 59.1. The monoisotopic (exact) mass is 424 g/mol. The smallest absolute Gasteiger partial charge is 0.381 e. The third-order valence-electron chi connectivity index (χ3n) is 5.82. The van der Waals surface area contributed by atoms with Crippen LogP contribution < -0.4 is 10.2 Å². The topological polar surface area (TPSA) is 50.3 Å². The van der Waals surface area contributed by atoms with Crippen molar-refractivity contribution in [2.45, 2.75) is 37.9 Å². The molecule has 4 rings (SSSR count). The maximum atomic E-state index is 15.2. The fourth-order valence-electron chi connectivity index (χ4n) is 4.14. The Labute approximate surface area is 172 Å². The van der Waals surface area contributed by atoms with E-state index in [4.69, 9.17) is 4.74 Å². The third kappa shape index (κ3) is 4.50. The molecule has 2 aromatic rings. The Morgan fingerprint density at radius 2 is 1.80 bits per heavy atom. The summed E-state index contributed by atoms with van der Waals surface area (Å²) in [5, 5.41) is 3.09. The number of nitrogens with zero attached hydrogens (tertiary/aromatic N) is 3. The van der Waals surface area contributed by atoms with Gasteiger partial charge in [0.2, 0.25) is 5.82 Å². The van der Waals surface area contributed by atoms with E-state index >= 15 is 4.39 Å². The molecule has 3 heterocycles. The van der Waals surface area contributed by atoms with Crippen LogP contribution in [0.3, 0.4) is 0 Å². The molecule has 2 aliphatic rings. The van der Waals surface area contributed by atoms with E-state index in [0.717, 1.165) is 43.4 Å². The summed E-state index contributed by atoms with van der Waals surface area (Å²) in [5.41, 5.74) is 0.0267. The molecule has 162 valence electrons. The number of alkyl halides is 3. The van der Waals surface area contributed by atoms with Gasteiger partial charge in [-0.1, -0.05) is 12.1 Å². The Hall–Kier alpha value is -2.42. The van der Waals surface area contributed by atoms with E-state index in [9.17, 15) is 13.2 Å². The number of nitrogens with one attached hydrogen (secondary N) is 1. The number of benzene rings is 1. The van der Waals surface area contributed by atoms with Gasteiger partial charge in [-0.15, -0.1) is 0 Å². The van der Waals surface area contributed by atoms with E-state index in [-0.39, 0.29) is 17.7 Å². The summed E-state index contributed by atoms with van der Waals surface area (Å²) in [6.45, 7) is 2.62. The molecule has 1 aromatic heterocycles. The second kappa shape index (κ2) is 8.75. The van der Waals surface area contributed by atoms with Crippen LogP contribution in [0.4, 0.5) is 29.2 Å². The molecule has 0 bridgehead atoms. The molecule has 1 N–H and O–H groups in total. The van der Waals surface area contributed by atoms with Crippen LogP contribution in [0.2, 0.25) is 0 Å². The summed E-state index contributed by atoms with van der Waals surface area (Å²) >= 11 is 0. The van der Waals surface area contributed by atoms with Gasteiger partial charge in [0.1, 0.15) is 6.33 Å². The van der Waals surface area contributed by atoms with E-state index < -0.39 is 17.6 Å². The van der Waals surface area contributed by atoms with Gasteiger partial charge in [0, 0.05) is 26.3 Å². The van der Waals surface area contributed by atoms with Crippen molar-refractivity contribution in [2.24, 2.45) is 5.92 Å². The maximum Gasteiger partial charge on any atom is 0.416 e. The minimum absolute atomic E-state index is 0.157. The van der Waals surface area contributed by atoms with Crippen molar-refractivity contribution in [3.63, 3.8) is 0 Å². The Morgan fingerprint density at radius 1 is 1.07 bits per heavy atom. The SMILES string of the molecule is Fc1c(NCC2CCOCC2)ncnc1N1CCCC1c1ccc(C(F)(F)F)cc1. The van der Waals surface area contributed by atoms with Crippen LogP contribution >= 0.6 is 0 Å². The van der Waals surface area contributed by atoms with Crippen molar-refractivity contribution in [2.75, 3.05) is 36.5 Å². The van der Waals surface area contributed by atoms with Crippen LogP contribution in [0, 0.1) is 11.7 Å². The molecule has 2 fully saturated rings. The highest BCUT2D eigenvalue weighted by Gasteiger charge is 2.33. The van der Waals surface area contributed by atoms with Crippen LogP contribution in [-0.2, 0) is 10.9 Å². The van der Waals surface area contributed by atoms with Gasteiger partial charge >= 0.3 is 6.18 Å². The highest BCUT2D eigenvalue weighted by molar-refractivity contribution is 5.53. The van der Waals surface area contributed by atoms with Crippen LogP contribution in [-0.4, -0.2) is 36.3 Å². The number of halogens is 4. The highest BCUT2D eigenvalue weighted by Crippen LogP contribution is 2.38. The normalized spacial score (nSPS) is 20.5. The molecule has 0 spiro atoms. The van der Waals surface area contributed by atoms with Gasteiger partial charge in [-0.2, -0.15) is 17.6 Å². The first-order valence-corrected chi connectivity index (χ1v) is 10.2. The Balaban J connectivity index is 1.51. The van der Waals surface area contributed by atoms with Crippen molar-refractivity contribution >= 4 is 11.6 Å². The minimum Gasteiger partial charge on any atom is -0.381 e. The molecule has 1 unspecified atom stereocenters. The van der Waals surface area contributed by atoms with Crippen molar-refractivity contribution in [1.82, 2.24) is 9.97 Å². The van der Waals surface area contributed by atoms with Gasteiger partial charge < -0.3 is 15.0 Å². The average Bonchev–Trinajstić information content (AvgIpc) is 3.23. The lowest BCUT2D eigenvalue weighted by atomic mass is 10.0. The molecule has 9 heteroatoms. The Kier molecular flexibility index (Phi) is 6.08. The molecule has 5 nitrogen and oxygen atoms in total. The molecular weight excluding hydrogens is 400 g/mol. The Bertz CT molecular complexity index is 853. The van der Waals surface area contributed by atoms with E-state index in [1.54, 1.807) is 0 Å². The largest absolute Gasteiger partial charge is 0.416 e. The minimum atomic E-state index is -4.38. The first kappa shape index (κ1) is 20.8. The summed E-state index contributed by atoms with van der Waals surface area (Å²) in [6, 6.07) is 4.86. The molecule has 1 aromatic carbocycles. The predicted molar refractivity (Wildman–Crippen MR) is 105 cm³/mol. The number of aromatic nitrogens is 2. The van der Waals surface area contributed by atoms with Gasteiger partial charge in [-0.05, 0) is 49.3 Å². The number of rotatable bonds is 5. The third-order valence-corrected chi connectivity index (χ3v) is 5.82. The molecule has 1 atom stereocenters. The van der Waals surface area contributed by atoms with E-state index in [2.05, 4.69) is 15.3 Å². The van der Waals surface area contributed by atoms with E-state index in [0.29, 0.717) is 32.2 Å². The molecule has 0 aliphatic carbocycles. The zero-order valence-corrected chi connectivity index (χ0v) is 16.5. The van der Waals surface area contributed by atoms with Gasteiger partial charge in [0.15, 0.2) is 11.6 Å². The highest BCUT2D eigenvalue weighted by atomic mass is 19.4. The van der Waals surface area contributed by atoms with Gasteiger partial charge in [-0.25, -0.2) is 9.97 Å². The van der Waals surface area contributed by atoms with Crippen molar-refractivity contribution in [3.8, 4) is 0 Å². The molecular formula is C21H24F4N4O. The average molecular weight is 424 g/mol. The number of anilines is 2. The summed E-state index contributed by atoms with van der Waals surface area (Å²) in [6.07, 6.45) is 0.327. The standard InChI is InChI=1S/C21H24F4N4O/c22-18-19(26-12-14-7-10-30-11-8-14)27-13-28-20(18)29-9-1-2-17(29)15-3-5-16(6-4-15)21(23,24)25/h3-6,13-14,17H,1-2,7-12H2,(H,26,27,28). The number of ether oxygens (including phenoxy) is 1. The molecule has 0 radical (unpaired) electrons. The van der Waals surface area contributed by atoms with Gasteiger partial charge in [-0.3, -0.25) is 0 Å². The lowest BCUT2D eigenvalue weighted by Gasteiger charge is -2.27. The summed E-state index contributed by atoms with van der Waals surface area (Å²) in [5.74, 6) is 0.220. The quantitative estimate of drug-likeness (QED) is 0.698. The molecule has 0 saturated carbocycles. The van der Waals surface area contributed by atoms with Crippen LogP contribution in [0.1, 0.15) is 42.9 Å². The first-order valence-electron chi connectivity index (χ1n) is 10.2. The molecule has 30 heavy (non-hydrogen) atoms. The summed E-state index contributed by atoms with van der Waals surface area (Å²) in [7, 11) is 0. The van der Waals surface area contributed by atoms with Crippen molar-refractivity contribution < 1.29 is 22.3 Å². The second-order valence-corrected chi connectivity index (χ2v) is 7.77. The fraction of sp³-hybridized carbons (Fsp3) is 0.524. The molecule has 2 saturated heterocycles. The fourth-order valence-corrected chi connectivity index (χ4v) is 4.14. The molecule has 0 amide bonds. The van der Waals surface area contributed by atoms with Gasteiger partial charge in [0.25, 0.3) is 0 Å². The lowest BCUT2D eigenvalue weighted by molar-refractivity contribution is -0.137. The van der Waals surface area contributed by atoms with Gasteiger partial charge in [0.05, 0.1) is 11.6 Å². The maximum absolute atomic E-state index is 15.2. The second-order valence-electron chi connectivity index (χ2n) is 7.77. The van der Waals surface area contributed by atoms with Crippen molar-refractivity contribution in [1.29, 1.82) is 0 Å². The van der Waals surface area contributed by atoms with Crippen LogP contribution in [0.15, 0.2) is 30.6 Å². The lowest BCUT2D eigenvalue weighted by Crippen LogP contribution is -2.26. The van der Waals surface area contributed by atoms with Crippen LogP contribution in [0.25, 0.3) is 0 Å². The predicted octanol–water partition coefficient (Wildman–Crippen LogP) is 4.81. The first-order chi connectivity index (χ1) is 14.4. The van der Waals surface area contributed by atoms with E-state index in [1.165, 1.54) is 18.5 Å². The summed E-state index contributed by atoms with van der Waals surface area (Å²) in [4.78, 5) is 10.0. The van der Waals surface area contributed by atoms with E-state index in [1.807, 2.05) is 4.90 Å². The number of hydrogen-bond donors (Lipinski definition) is 1. The molecule has 2 aliphatic heterocycles. The Morgan fingerprint density at radius 3 is 2.50 bits per heavy atom. The van der Waals surface area contributed by atoms with Crippen LogP contribution in [0.5, 0.6) is 0 Å². The number of hydrogen-bond acceptors (Lipinski definition) is 5. The zero-order valence-electron chi connectivity index (χ0n) is 16.5. The zero-order chi connectivity index (χ0) is 21.1.